The van der Waals surface area contributed by atoms with Crippen LogP contribution < -0.4 is 0 Å². The molecule has 0 amide bonds. The summed E-state index contributed by atoms with van der Waals surface area (Å²) in [7, 11) is 2.18. The number of aromatic nitrogens is 1. The van der Waals surface area contributed by atoms with Crippen LogP contribution in [0.1, 0.15) is 52.0 Å². The molecule has 3 heteroatoms. The van der Waals surface area contributed by atoms with Gasteiger partial charge < -0.3 is 4.90 Å². The monoisotopic (exact) mass is 384 g/mol. The fraction of sp³-hybridized carbons (Fsp3) is 0.423. The zero-order valence-corrected chi connectivity index (χ0v) is 17.4. The molecular weight excluding hydrogens is 356 g/mol. The van der Waals surface area contributed by atoms with Gasteiger partial charge in [-0.05, 0) is 61.9 Å². The summed E-state index contributed by atoms with van der Waals surface area (Å²) in [5, 5.41) is 1.31. The summed E-state index contributed by atoms with van der Waals surface area (Å²) in [5.41, 5.74) is 7.84. The van der Waals surface area contributed by atoms with Crippen molar-refractivity contribution < 1.29 is 4.79 Å². The highest BCUT2D eigenvalue weighted by Gasteiger charge is 2.49. The van der Waals surface area contributed by atoms with Gasteiger partial charge in [0, 0.05) is 42.4 Å². The minimum absolute atomic E-state index is 0.0591. The first-order valence-electron chi connectivity index (χ1n) is 11.0. The van der Waals surface area contributed by atoms with Crippen molar-refractivity contribution in [3.8, 4) is 0 Å². The molecule has 0 saturated heterocycles. The van der Waals surface area contributed by atoms with E-state index in [1.807, 2.05) is 0 Å². The minimum atomic E-state index is -0.0591. The lowest BCUT2D eigenvalue weighted by Crippen LogP contribution is -2.35. The Morgan fingerprint density at radius 2 is 1.86 bits per heavy atom. The number of hydrogen-bond donors (Lipinski definition) is 0. The molecule has 3 aromatic rings. The summed E-state index contributed by atoms with van der Waals surface area (Å²) in [4.78, 5) is 16.2. The Labute approximate surface area is 172 Å². The molecule has 2 aromatic carbocycles. The predicted octanol–water partition coefficient (Wildman–Crippen LogP) is 4.87. The second-order valence-electron chi connectivity index (χ2n) is 9.61. The van der Waals surface area contributed by atoms with Crippen molar-refractivity contribution in [2.24, 2.45) is 5.92 Å². The lowest BCUT2D eigenvalue weighted by Gasteiger charge is -2.34. The average Bonchev–Trinajstić information content (AvgIpc) is 3.52. The molecule has 2 aliphatic heterocycles. The van der Waals surface area contributed by atoms with E-state index in [4.69, 9.17) is 0 Å². The highest BCUT2D eigenvalue weighted by Crippen LogP contribution is 2.53. The molecule has 0 bridgehead atoms. The van der Waals surface area contributed by atoms with Gasteiger partial charge in [-0.3, -0.25) is 9.36 Å². The van der Waals surface area contributed by atoms with Crippen LogP contribution in [0.2, 0.25) is 0 Å². The quantitative estimate of drug-likeness (QED) is 0.630. The number of carbonyl (C=O) groups excluding carboxylic acids is 1. The highest BCUT2D eigenvalue weighted by molar-refractivity contribution is 6.00. The second kappa shape index (κ2) is 6.06. The van der Waals surface area contributed by atoms with Crippen LogP contribution in [0.15, 0.2) is 42.5 Å². The number of aryl methyl sites for hydroxylation is 1. The zero-order valence-electron chi connectivity index (χ0n) is 17.4. The summed E-state index contributed by atoms with van der Waals surface area (Å²) in [6, 6.07) is 15.5. The first kappa shape index (κ1) is 17.5. The first-order chi connectivity index (χ1) is 14.1. The molecule has 0 N–H and O–H groups in total. The van der Waals surface area contributed by atoms with E-state index in [9.17, 15) is 4.79 Å². The second-order valence-corrected chi connectivity index (χ2v) is 9.61. The Bertz CT molecular complexity index is 1140. The van der Waals surface area contributed by atoms with Crippen molar-refractivity contribution in [2.45, 2.75) is 51.0 Å². The number of hydrogen-bond acceptors (Lipinski definition) is 2. The molecule has 1 saturated carbocycles. The van der Waals surface area contributed by atoms with Gasteiger partial charge >= 0.3 is 0 Å². The highest BCUT2D eigenvalue weighted by atomic mass is 16.2. The Morgan fingerprint density at radius 1 is 1.07 bits per heavy atom. The molecule has 3 heterocycles. The van der Waals surface area contributed by atoms with Gasteiger partial charge in [0.25, 0.3) is 0 Å². The van der Waals surface area contributed by atoms with Gasteiger partial charge in [-0.25, -0.2) is 0 Å². The Kier molecular flexibility index (Phi) is 3.65. The summed E-state index contributed by atoms with van der Waals surface area (Å²) < 4.78 is 2.14. The number of carbonyl (C=O) groups is 1. The van der Waals surface area contributed by atoms with Crippen molar-refractivity contribution >= 4 is 16.8 Å². The first-order valence-corrected chi connectivity index (χ1v) is 11.0. The number of nitrogens with zero attached hydrogens (tertiary/aromatic N) is 2. The molecule has 1 atom stereocenters. The Morgan fingerprint density at radius 3 is 2.62 bits per heavy atom. The Hall–Kier alpha value is -2.39. The maximum Gasteiger partial charge on any atom is 0.232 e. The summed E-state index contributed by atoms with van der Waals surface area (Å²) in [6.07, 6.45) is 5.06. The van der Waals surface area contributed by atoms with Crippen molar-refractivity contribution in [3.63, 3.8) is 0 Å². The van der Waals surface area contributed by atoms with Crippen molar-refractivity contribution in [3.05, 3.63) is 70.4 Å². The molecule has 29 heavy (non-hydrogen) atoms. The standard InChI is InChI=1S/C26H28N2O/c1-17-12-18-14-26(20-8-9-20,19-6-4-3-5-7-19)15-24(29)28-23-10-11-27(2)16-22(23)21(13-17)25(18)28/h3-7,12-13,20H,8-11,14-16H2,1-2H3. The van der Waals surface area contributed by atoms with Crippen LogP contribution in [0.3, 0.4) is 0 Å². The number of benzene rings is 2. The predicted molar refractivity (Wildman–Crippen MR) is 117 cm³/mol. The lowest BCUT2D eigenvalue weighted by molar-refractivity contribution is 0.0862. The maximum absolute atomic E-state index is 13.9. The molecule has 148 valence electrons. The van der Waals surface area contributed by atoms with Crippen LogP contribution in [0.4, 0.5) is 0 Å². The molecule has 1 aliphatic carbocycles. The molecular formula is C26H28N2O. The van der Waals surface area contributed by atoms with Crippen LogP contribution in [0.25, 0.3) is 10.9 Å². The smallest absolute Gasteiger partial charge is 0.232 e. The molecule has 6 rings (SSSR count). The van der Waals surface area contributed by atoms with E-state index in [2.05, 4.69) is 65.9 Å². The Balaban J connectivity index is 1.63. The minimum Gasteiger partial charge on any atom is -0.302 e. The van der Waals surface area contributed by atoms with Crippen LogP contribution >= 0.6 is 0 Å². The van der Waals surface area contributed by atoms with E-state index in [1.165, 1.54) is 51.7 Å². The van der Waals surface area contributed by atoms with Crippen molar-refractivity contribution in [2.75, 3.05) is 13.6 Å². The molecule has 1 fully saturated rings. The van der Waals surface area contributed by atoms with E-state index in [1.54, 1.807) is 0 Å². The van der Waals surface area contributed by atoms with Crippen LogP contribution in [-0.2, 0) is 24.8 Å². The van der Waals surface area contributed by atoms with Crippen LogP contribution in [0.5, 0.6) is 0 Å². The summed E-state index contributed by atoms with van der Waals surface area (Å²) in [6.45, 7) is 4.18. The lowest BCUT2D eigenvalue weighted by atomic mass is 9.69. The molecule has 3 aliphatic rings. The molecule has 0 spiro atoms. The van der Waals surface area contributed by atoms with Crippen LogP contribution in [0, 0.1) is 12.8 Å². The van der Waals surface area contributed by atoms with Gasteiger partial charge in [-0.1, -0.05) is 42.0 Å². The molecule has 1 unspecified atom stereocenters. The number of fused-ring (bicyclic) bond motifs is 3. The van der Waals surface area contributed by atoms with E-state index in [-0.39, 0.29) is 5.41 Å². The van der Waals surface area contributed by atoms with E-state index in [0.29, 0.717) is 18.2 Å². The topological polar surface area (TPSA) is 25.2 Å². The number of rotatable bonds is 2. The van der Waals surface area contributed by atoms with Gasteiger partial charge in [0.1, 0.15) is 0 Å². The summed E-state index contributed by atoms with van der Waals surface area (Å²) in [5.74, 6) is 0.926. The summed E-state index contributed by atoms with van der Waals surface area (Å²) >= 11 is 0. The van der Waals surface area contributed by atoms with E-state index < -0.39 is 0 Å². The largest absolute Gasteiger partial charge is 0.302 e. The zero-order chi connectivity index (χ0) is 19.8. The van der Waals surface area contributed by atoms with E-state index in [0.717, 1.165) is 25.9 Å². The van der Waals surface area contributed by atoms with Gasteiger partial charge in [0.05, 0.1) is 5.52 Å². The van der Waals surface area contributed by atoms with Crippen molar-refractivity contribution in [1.29, 1.82) is 0 Å². The normalized spacial score (nSPS) is 24.6. The fourth-order valence-corrected chi connectivity index (χ4v) is 6.15. The van der Waals surface area contributed by atoms with Gasteiger partial charge in [0.15, 0.2) is 0 Å². The fourth-order valence-electron chi connectivity index (χ4n) is 6.15. The van der Waals surface area contributed by atoms with Gasteiger partial charge in [-0.15, -0.1) is 0 Å². The third-order valence-electron chi connectivity index (χ3n) is 7.59. The maximum atomic E-state index is 13.9. The average molecular weight is 385 g/mol. The van der Waals surface area contributed by atoms with Gasteiger partial charge in [-0.2, -0.15) is 0 Å². The SMILES string of the molecule is Cc1cc2c3c(c1)c1c(n3C(=O)CC(c3ccccc3)(C3CC3)C2)CCN(C)C1. The molecule has 1 aromatic heterocycles. The third kappa shape index (κ3) is 2.50. The third-order valence-corrected chi connectivity index (χ3v) is 7.59. The van der Waals surface area contributed by atoms with Crippen molar-refractivity contribution in [1.82, 2.24) is 9.47 Å². The molecule has 0 radical (unpaired) electrons. The van der Waals surface area contributed by atoms with Crippen LogP contribution in [-0.4, -0.2) is 29.0 Å². The van der Waals surface area contributed by atoms with E-state index >= 15 is 0 Å². The molecule has 3 nitrogen and oxygen atoms in total. The number of likely N-dealkylation sites (N-methyl/N-ethyl adjacent to an activating group) is 1. The van der Waals surface area contributed by atoms with Gasteiger partial charge in [0.2, 0.25) is 5.91 Å².